The van der Waals surface area contributed by atoms with Gasteiger partial charge in [0.2, 0.25) is 0 Å². The Hall–Kier alpha value is -1.48. The number of amides is 1. The zero-order valence-electron chi connectivity index (χ0n) is 12.9. The number of nitrogens with two attached hydrogens (primary N) is 1. The quantitative estimate of drug-likeness (QED) is 0.745. The maximum atomic E-state index is 12.8. The van der Waals surface area contributed by atoms with E-state index in [1.54, 1.807) is 0 Å². The Morgan fingerprint density at radius 3 is 1.76 bits per heavy atom. The fraction of sp³-hybridized carbons (Fsp3) is 0.533. The van der Waals surface area contributed by atoms with E-state index in [-0.39, 0.29) is 30.6 Å². The molecule has 3 nitrogen and oxygen atoms in total. The fourth-order valence-electron chi connectivity index (χ4n) is 2.62. The zero-order chi connectivity index (χ0) is 18.1. The highest BCUT2D eigenvalue weighted by atomic mass is 35.5. The summed E-state index contributed by atoms with van der Waals surface area (Å²) < 4.78 is 76.7. The van der Waals surface area contributed by atoms with E-state index in [2.05, 4.69) is 5.32 Å². The Morgan fingerprint density at radius 1 is 0.920 bits per heavy atom. The molecule has 0 saturated heterocycles. The predicted octanol–water partition coefficient (Wildman–Crippen LogP) is 4.15. The second-order valence-electron chi connectivity index (χ2n) is 5.88. The Balaban J connectivity index is 0.00000312. The molecule has 0 aromatic heterocycles. The van der Waals surface area contributed by atoms with Gasteiger partial charge in [-0.25, -0.2) is 0 Å². The first-order chi connectivity index (χ1) is 11.0. The van der Waals surface area contributed by atoms with Gasteiger partial charge in [-0.1, -0.05) is 0 Å². The second kappa shape index (κ2) is 7.82. The van der Waals surface area contributed by atoms with Crippen molar-refractivity contribution in [1.82, 2.24) is 5.32 Å². The summed E-state index contributed by atoms with van der Waals surface area (Å²) in [5, 5.41) is 2.48. The van der Waals surface area contributed by atoms with Gasteiger partial charge in [-0.3, -0.25) is 4.79 Å². The van der Waals surface area contributed by atoms with Crippen molar-refractivity contribution in [1.29, 1.82) is 0 Å². The molecular formula is C15H17ClF6N2O. The van der Waals surface area contributed by atoms with Crippen LogP contribution < -0.4 is 11.1 Å². The van der Waals surface area contributed by atoms with Crippen molar-refractivity contribution in [2.75, 3.05) is 0 Å². The summed E-state index contributed by atoms with van der Waals surface area (Å²) in [6.07, 6.45) is -7.60. The van der Waals surface area contributed by atoms with Crippen LogP contribution in [0.3, 0.4) is 0 Å². The molecule has 10 heteroatoms. The Morgan fingerprint density at radius 2 is 1.36 bits per heavy atom. The molecule has 3 N–H and O–H groups in total. The van der Waals surface area contributed by atoms with Gasteiger partial charge >= 0.3 is 12.4 Å². The molecule has 142 valence electrons. The number of hydrogen-bond acceptors (Lipinski definition) is 2. The third-order valence-corrected chi connectivity index (χ3v) is 3.96. The molecule has 25 heavy (non-hydrogen) atoms. The van der Waals surface area contributed by atoms with Crippen molar-refractivity contribution >= 4 is 18.3 Å². The molecule has 1 amide bonds. The first kappa shape index (κ1) is 21.6. The molecule has 0 unspecified atom stereocenters. The standard InChI is InChI=1S/C15H16F6N2O.ClH/c16-14(17,18)9-5-8(6-10(7-9)15(19,20)21)13(24)23-12-3-1-11(22)2-4-12;/h5-7,11-12H,1-4,22H2,(H,23,24);1H. The molecule has 1 aliphatic carbocycles. The van der Waals surface area contributed by atoms with Crippen LogP contribution in [-0.2, 0) is 12.4 Å². The van der Waals surface area contributed by atoms with E-state index in [4.69, 9.17) is 5.73 Å². The smallest absolute Gasteiger partial charge is 0.349 e. The Kier molecular flexibility index (Phi) is 6.74. The van der Waals surface area contributed by atoms with Crippen LogP contribution in [0.15, 0.2) is 18.2 Å². The van der Waals surface area contributed by atoms with Crippen LogP contribution in [0.1, 0.15) is 47.2 Å². The maximum absolute atomic E-state index is 12.8. The van der Waals surface area contributed by atoms with E-state index in [0.29, 0.717) is 37.8 Å². The minimum absolute atomic E-state index is 0. The van der Waals surface area contributed by atoms with Gasteiger partial charge < -0.3 is 11.1 Å². The van der Waals surface area contributed by atoms with Crippen molar-refractivity contribution < 1.29 is 31.1 Å². The van der Waals surface area contributed by atoms with E-state index in [1.165, 1.54) is 0 Å². The molecule has 0 bridgehead atoms. The second-order valence-corrected chi connectivity index (χ2v) is 5.88. The lowest BCUT2D eigenvalue weighted by Gasteiger charge is -2.27. The van der Waals surface area contributed by atoms with Crippen LogP contribution in [0.25, 0.3) is 0 Å². The molecule has 1 aliphatic rings. The number of carbonyl (C=O) groups excluding carboxylic acids is 1. The zero-order valence-corrected chi connectivity index (χ0v) is 13.7. The number of alkyl halides is 6. The monoisotopic (exact) mass is 390 g/mol. The summed E-state index contributed by atoms with van der Waals surface area (Å²) in [6, 6.07) is 0.555. The highest BCUT2D eigenvalue weighted by Gasteiger charge is 2.37. The van der Waals surface area contributed by atoms with Crippen LogP contribution >= 0.6 is 12.4 Å². The van der Waals surface area contributed by atoms with Gasteiger partial charge in [0.05, 0.1) is 11.1 Å². The van der Waals surface area contributed by atoms with Crippen molar-refractivity contribution in [3.8, 4) is 0 Å². The average Bonchev–Trinajstić information content (AvgIpc) is 2.47. The molecule has 0 atom stereocenters. The van der Waals surface area contributed by atoms with Crippen molar-refractivity contribution in [3.63, 3.8) is 0 Å². The van der Waals surface area contributed by atoms with Gasteiger partial charge in [0.1, 0.15) is 0 Å². The lowest BCUT2D eigenvalue weighted by molar-refractivity contribution is -0.143. The van der Waals surface area contributed by atoms with Crippen LogP contribution in [0, 0.1) is 0 Å². The van der Waals surface area contributed by atoms with Gasteiger partial charge in [-0.2, -0.15) is 26.3 Å². The highest BCUT2D eigenvalue weighted by molar-refractivity contribution is 5.94. The molecule has 1 saturated carbocycles. The molecule has 1 fully saturated rings. The molecular weight excluding hydrogens is 374 g/mol. The maximum Gasteiger partial charge on any atom is 0.416 e. The van der Waals surface area contributed by atoms with Crippen molar-refractivity contribution in [2.24, 2.45) is 5.73 Å². The van der Waals surface area contributed by atoms with Crippen LogP contribution in [0.2, 0.25) is 0 Å². The lowest BCUT2D eigenvalue weighted by atomic mass is 9.91. The molecule has 1 aromatic carbocycles. The van der Waals surface area contributed by atoms with Crippen LogP contribution in [0.4, 0.5) is 26.3 Å². The number of halogens is 7. The highest BCUT2D eigenvalue weighted by Crippen LogP contribution is 2.36. The Bertz CT molecular complexity index is 577. The van der Waals surface area contributed by atoms with E-state index >= 15 is 0 Å². The summed E-state index contributed by atoms with van der Waals surface area (Å²) in [6.45, 7) is 0. The summed E-state index contributed by atoms with van der Waals surface area (Å²) >= 11 is 0. The summed E-state index contributed by atoms with van der Waals surface area (Å²) in [4.78, 5) is 12.1. The number of nitrogens with one attached hydrogen (secondary N) is 1. The van der Waals surface area contributed by atoms with Gasteiger partial charge in [0.15, 0.2) is 0 Å². The van der Waals surface area contributed by atoms with Gasteiger partial charge in [0, 0.05) is 17.6 Å². The summed E-state index contributed by atoms with van der Waals surface area (Å²) in [5.41, 5.74) is 2.04. The summed E-state index contributed by atoms with van der Waals surface area (Å²) in [7, 11) is 0. The first-order valence-corrected chi connectivity index (χ1v) is 7.33. The van der Waals surface area contributed by atoms with Crippen LogP contribution in [0.5, 0.6) is 0 Å². The lowest BCUT2D eigenvalue weighted by Crippen LogP contribution is -2.40. The normalized spacial score (nSPS) is 21.4. The average molecular weight is 391 g/mol. The molecule has 0 aliphatic heterocycles. The molecule has 0 heterocycles. The minimum Gasteiger partial charge on any atom is -0.349 e. The van der Waals surface area contributed by atoms with Crippen molar-refractivity contribution in [2.45, 2.75) is 50.1 Å². The van der Waals surface area contributed by atoms with Gasteiger partial charge in [-0.05, 0) is 43.9 Å². The van der Waals surface area contributed by atoms with Crippen molar-refractivity contribution in [3.05, 3.63) is 34.9 Å². The minimum atomic E-state index is -4.98. The van der Waals surface area contributed by atoms with Gasteiger partial charge in [0.25, 0.3) is 5.91 Å². The largest absolute Gasteiger partial charge is 0.416 e. The Labute approximate surface area is 146 Å². The van der Waals surface area contributed by atoms with Crippen LogP contribution in [-0.4, -0.2) is 18.0 Å². The molecule has 0 spiro atoms. The SMILES string of the molecule is Cl.NC1CCC(NC(=O)c2cc(C(F)(F)F)cc(C(F)(F)F)c2)CC1. The number of benzene rings is 1. The van der Waals surface area contributed by atoms with E-state index < -0.39 is 35.0 Å². The number of hydrogen-bond donors (Lipinski definition) is 2. The third-order valence-electron chi connectivity index (χ3n) is 3.96. The fourth-order valence-corrected chi connectivity index (χ4v) is 2.62. The first-order valence-electron chi connectivity index (χ1n) is 7.33. The number of rotatable bonds is 2. The molecule has 1 aromatic rings. The van der Waals surface area contributed by atoms with E-state index in [1.807, 2.05) is 0 Å². The molecule has 2 rings (SSSR count). The summed E-state index contributed by atoms with van der Waals surface area (Å²) in [5.74, 6) is -0.952. The van der Waals surface area contributed by atoms with E-state index in [0.717, 1.165) is 0 Å². The van der Waals surface area contributed by atoms with Gasteiger partial charge in [-0.15, -0.1) is 12.4 Å². The third kappa shape index (κ3) is 5.78. The number of carbonyl (C=O) groups is 1. The topological polar surface area (TPSA) is 55.1 Å². The predicted molar refractivity (Wildman–Crippen MR) is 81.4 cm³/mol. The molecule has 0 radical (unpaired) electrons. The van der Waals surface area contributed by atoms with E-state index in [9.17, 15) is 31.1 Å².